The number of nitrogens with two attached hydrogens (primary N) is 1. The number of carboxylic acids is 1. The molecule has 11 nitrogen and oxygen atoms in total. The summed E-state index contributed by atoms with van der Waals surface area (Å²) in [4.78, 5) is 51.4. The summed E-state index contributed by atoms with van der Waals surface area (Å²) in [6.07, 6.45) is 1.96. The summed E-state index contributed by atoms with van der Waals surface area (Å²) in [6, 6.07) is 4.94. The van der Waals surface area contributed by atoms with E-state index in [0.29, 0.717) is 58.5 Å². The highest BCUT2D eigenvalue weighted by Gasteiger charge is 2.53. The van der Waals surface area contributed by atoms with Gasteiger partial charge in [0.1, 0.15) is 12.6 Å². The van der Waals surface area contributed by atoms with Crippen molar-refractivity contribution in [3.8, 4) is 0 Å². The molecular weight excluding hydrogens is 683 g/mol. The maximum Gasteiger partial charge on any atom is 0.378 e. The minimum atomic E-state index is -1.41. The molecule has 1 unspecified atom stereocenters. The van der Waals surface area contributed by atoms with Gasteiger partial charge in [-0.15, -0.1) is 23.5 Å². The highest BCUT2D eigenvalue weighted by Crippen LogP contribution is 2.43. The van der Waals surface area contributed by atoms with Crippen LogP contribution >= 0.6 is 57.4 Å². The van der Waals surface area contributed by atoms with E-state index in [1.54, 1.807) is 6.07 Å². The Kier molecular flexibility index (Phi) is 12.2. The Hall–Kier alpha value is -2.33. The maximum atomic E-state index is 13.1. The van der Waals surface area contributed by atoms with Crippen LogP contribution in [0.1, 0.15) is 42.6 Å². The second-order valence-electron chi connectivity index (χ2n) is 10.7. The molecule has 45 heavy (non-hydrogen) atoms. The quantitative estimate of drug-likeness (QED) is 0.104. The van der Waals surface area contributed by atoms with E-state index in [4.69, 9.17) is 28.9 Å². The summed E-state index contributed by atoms with van der Waals surface area (Å²) in [5, 5.41) is 32.7. The van der Waals surface area contributed by atoms with Crippen LogP contribution in [0.25, 0.3) is 0 Å². The minimum Gasteiger partial charge on any atom is -0.548 e. The van der Waals surface area contributed by atoms with Crippen molar-refractivity contribution in [2.45, 2.75) is 80.6 Å². The number of β-lactam (4-membered cyclic amide) rings is 1. The van der Waals surface area contributed by atoms with Gasteiger partial charge in [-0.3, -0.25) is 13.9 Å². The number of fused-ring (bicyclic) bond motifs is 1. The average molecular weight is 718 g/mol. The number of nitrogens with one attached hydrogen (secondary N) is 1. The van der Waals surface area contributed by atoms with E-state index in [2.05, 4.69) is 9.88 Å². The number of thioether (sulfide) groups is 2. The number of aryl methyl sites for hydroxylation is 2. The van der Waals surface area contributed by atoms with E-state index < -0.39 is 46.0 Å². The van der Waals surface area contributed by atoms with Gasteiger partial charge >= 0.3 is 5.30 Å². The minimum absolute atomic E-state index is 0.0209. The van der Waals surface area contributed by atoms with Crippen LogP contribution in [0.15, 0.2) is 34.1 Å². The molecule has 0 saturated carbocycles. The van der Waals surface area contributed by atoms with E-state index in [-0.39, 0.29) is 18.3 Å². The SMILES string of the molecule is Cc1cc(SCC2=S(C(=O)O)N3C(=O)[C@@H](NC(=O)CSc4cc(Cl)c(CO)cc4Cl)[C@H]3CC2)cc(C)[n+]1CCC[C@H](N)C(=O)[O-]. The van der Waals surface area contributed by atoms with Crippen molar-refractivity contribution in [1.29, 1.82) is 0 Å². The molecule has 2 aromatic rings. The molecule has 244 valence electrons. The second kappa shape index (κ2) is 15.5. The molecule has 4 rings (SSSR count). The number of carbonyl (C=O) groups is 4. The lowest BCUT2D eigenvalue weighted by Gasteiger charge is -2.50. The summed E-state index contributed by atoms with van der Waals surface area (Å²) in [5.74, 6) is -1.65. The smallest absolute Gasteiger partial charge is 0.378 e. The molecule has 4 atom stereocenters. The number of carboxylic acid groups (broad SMARTS) is 2. The van der Waals surface area contributed by atoms with Crippen LogP contribution in [0.4, 0.5) is 4.79 Å². The predicted molar refractivity (Wildman–Crippen MR) is 175 cm³/mol. The Balaban J connectivity index is 1.36. The first kappa shape index (κ1) is 35.5. The van der Waals surface area contributed by atoms with Gasteiger partial charge < -0.3 is 31.2 Å². The van der Waals surface area contributed by atoms with E-state index in [1.807, 2.05) is 26.0 Å². The fraction of sp³-hybridized carbons (Fsp3) is 0.448. The zero-order valence-electron chi connectivity index (χ0n) is 24.6. The molecule has 0 bridgehead atoms. The van der Waals surface area contributed by atoms with Gasteiger partial charge in [0, 0.05) is 69.7 Å². The number of pyridine rings is 1. The number of hydrogen-bond donors (Lipinski definition) is 4. The fourth-order valence-corrected chi connectivity index (χ4v) is 10.1. The molecule has 2 aliphatic rings. The molecule has 2 amide bonds. The summed E-state index contributed by atoms with van der Waals surface area (Å²) < 4.78 is 3.48. The van der Waals surface area contributed by atoms with Crippen LogP contribution < -0.4 is 20.7 Å². The average Bonchev–Trinajstić information content (AvgIpc) is 2.99. The Morgan fingerprint density at radius 3 is 2.49 bits per heavy atom. The Labute approximate surface area is 281 Å². The number of nitrogens with zero attached hydrogens (tertiary/aromatic N) is 2. The lowest BCUT2D eigenvalue weighted by Crippen LogP contribution is -2.70. The third-order valence-electron chi connectivity index (χ3n) is 7.62. The second-order valence-corrected chi connectivity index (χ2v) is 15.5. The summed E-state index contributed by atoms with van der Waals surface area (Å²) in [5.41, 5.74) is 7.99. The molecule has 0 spiro atoms. The molecule has 1 fully saturated rings. The van der Waals surface area contributed by atoms with Gasteiger partial charge in [-0.25, -0.2) is 9.36 Å². The normalized spacial score (nSPS) is 20.0. The summed E-state index contributed by atoms with van der Waals surface area (Å²) >= 11 is 15.0. The number of aliphatic hydroxyl groups is 1. The molecular formula is C29H34Cl2N4O7S3. The van der Waals surface area contributed by atoms with Crippen LogP contribution in [-0.2, 0) is 27.5 Å². The maximum absolute atomic E-state index is 13.1. The monoisotopic (exact) mass is 716 g/mol. The van der Waals surface area contributed by atoms with Gasteiger partial charge in [0.2, 0.25) is 5.91 Å². The van der Waals surface area contributed by atoms with Crippen molar-refractivity contribution in [2.75, 3.05) is 11.5 Å². The largest absolute Gasteiger partial charge is 0.548 e. The fourth-order valence-electron chi connectivity index (χ4n) is 5.30. The molecule has 0 aliphatic carbocycles. The molecule has 1 saturated heterocycles. The van der Waals surface area contributed by atoms with Crippen molar-refractivity contribution in [3.05, 3.63) is 51.3 Å². The Bertz CT molecular complexity index is 1530. The van der Waals surface area contributed by atoms with Gasteiger partial charge in [0.05, 0.1) is 29.4 Å². The number of rotatable bonds is 13. The molecule has 2 aliphatic heterocycles. The lowest BCUT2D eigenvalue weighted by atomic mass is 9.93. The Morgan fingerprint density at radius 1 is 1.18 bits per heavy atom. The van der Waals surface area contributed by atoms with Crippen LogP contribution in [0.2, 0.25) is 10.0 Å². The number of hydrogen-bond acceptors (Lipinski definition) is 9. The zero-order chi connectivity index (χ0) is 33.0. The number of benzene rings is 1. The van der Waals surface area contributed by atoms with Crippen LogP contribution in [0, 0.1) is 13.8 Å². The first-order valence-corrected chi connectivity index (χ1v) is 18.0. The number of amides is 2. The van der Waals surface area contributed by atoms with Gasteiger partial charge in [-0.05, 0) is 41.8 Å². The van der Waals surface area contributed by atoms with E-state index >= 15 is 0 Å². The van der Waals surface area contributed by atoms with E-state index in [0.717, 1.165) is 32.9 Å². The number of carbonyl (C=O) groups excluding carboxylic acids is 3. The van der Waals surface area contributed by atoms with Gasteiger partial charge in [0.15, 0.2) is 11.4 Å². The molecule has 16 heteroatoms. The highest BCUT2D eigenvalue weighted by atomic mass is 35.5. The number of aliphatic hydroxyl groups excluding tert-OH is 1. The summed E-state index contributed by atoms with van der Waals surface area (Å²) in [7, 11) is -1.41. The van der Waals surface area contributed by atoms with Crippen molar-refractivity contribution >= 4 is 85.3 Å². The van der Waals surface area contributed by atoms with Gasteiger partial charge in [-0.2, -0.15) is 0 Å². The van der Waals surface area contributed by atoms with E-state index in [1.165, 1.54) is 22.1 Å². The molecule has 0 radical (unpaired) electrons. The van der Waals surface area contributed by atoms with Crippen LogP contribution in [-0.4, -0.2) is 72.1 Å². The first-order chi connectivity index (χ1) is 21.3. The number of halogens is 2. The third kappa shape index (κ3) is 8.34. The van der Waals surface area contributed by atoms with Crippen LogP contribution in [0.3, 0.4) is 0 Å². The third-order valence-corrected chi connectivity index (χ3v) is 12.8. The van der Waals surface area contributed by atoms with Gasteiger partial charge in [0.25, 0.3) is 5.91 Å². The Morgan fingerprint density at radius 2 is 1.87 bits per heavy atom. The predicted octanol–water partition coefficient (Wildman–Crippen LogP) is 2.66. The highest BCUT2D eigenvalue weighted by molar-refractivity contribution is 8.27. The number of aromatic nitrogens is 1. The van der Waals surface area contributed by atoms with E-state index in [9.17, 15) is 34.5 Å². The van der Waals surface area contributed by atoms with Crippen molar-refractivity contribution in [1.82, 2.24) is 9.62 Å². The summed E-state index contributed by atoms with van der Waals surface area (Å²) in [6.45, 7) is 4.26. The zero-order valence-corrected chi connectivity index (χ0v) is 28.5. The molecule has 1 aromatic heterocycles. The van der Waals surface area contributed by atoms with Crippen LogP contribution in [0.5, 0.6) is 0 Å². The topological polar surface area (TPSA) is 177 Å². The first-order valence-electron chi connectivity index (χ1n) is 14.1. The van der Waals surface area contributed by atoms with Crippen molar-refractivity contribution in [2.24, 2.45) is 5.73 Å². The molecule has 1 aromatic carbocycles. The molecule has 3 heterocycles. The van der Waals surface area contributed by atoms with Crippen molar-refractivity contribution in [3.63, 3.8) is 0 Å². The van der Waals surface area contributed by atoms with Gasteiger partial charge in [-0.1, -0.05) is 23.2 Å². The molecule has 5 N–H and O–H groups in total. The van der Waals surface area contributed by atoms with Crippen molar-refractivity contribution < 1.29 is 39.1 Å². The lowest BCUT2D eigenvalue weighted by molar-refractivity contribution is -0.709. The number of aliphatic carboxylic acids is 1. The standard InChI is InChI=1S/C29H34Cl2N4O7S3/c1-15-8-18(9-16(2)34(15)7-3-4-22(32)28(39)40)43-13-19-5-6-23-26(27(38)35(23)45(19)29(41)42)33-25(37)14-44-24-11-20(30)17(12-36)10-21(24)31/h8-11,22-23,26,36H,3-7,12-14,32H2,1-2H3,(H2-,33,37,39,40,41,42)/t22-,23+,26-,45?/m0/s1.